The van der Waals surface area contributed by atoms with Crippen LogP contribution in [0.4, 0.5) is 0 Å². The van der Waals surface area contributed by atoms with Crippen molar-refractivity contribution in [3.63, 3.8) is 0 Å². The molecule has 1 rings (SSSR count). The summed E-state index contributed by atoms with van der Waals surface area (Å²) in [5.41, 5.74) is 1.19. The molecule has 3 nitrogen and oxygen atoms in total. The first-order chi connectivity index (χ1) is 12.1. The van der Waals surface area contributed by atoms with Gasteiger partial charge in [0.05, 0.1) is 19.3 Å². The molecule has 26 heavy (non-hydrogen) atoms. The van der Waals surface area contributed by atoms with E-state index in [2.05, 4.69) is 52.9 Å². The molecule has 0 amide bonds. The van der Waals surface area contributed by atoms with Gasteiger partial charge in [-0.3, -0.25) is 0 Å². The smallest absolute Gasteiger partial charge is 0.191 e. The lowest BCUT2D eigenvalue weighted by Crippen LogP contribution is -2.42. The number of hydrogen-bond donors (Lipinski definition) is 1. The van der Waals surface area contributed by atoms with Crippen LogP contribution in [-0.2, 0) is 15.8 Å². The van der Waals surface area contributed by atoms with E-state index in [-0.39, 0.29) is 11.1 Å². The average molecular weight is 381 g/mol. The third-order valence-corrected chi connectivity index (χ3v) is 10.3. The molecule has 0 aliphatic carbocycles. The van der Waals surface area contributed by atoms with Crippen molar-refractivity contribution in [1.29, 1.82) is 0 Å². The molecular weight excluding hydrogens is 340 g/mol. The second kappa shape index (κ2) is 10.6. The molecular formula is C22H40O3Si. The van der Waals surface area contributed by atoms with Crippen LogP contribution in [-0.4, -0.2) is 32.7 Å². The standard InChI is InChI=1S/C22H40O3Si/c1-8-21(23)14-20(17-24-16-19-12-10-9-11-13-19)18(2)15-25-26(6,7)22(3,4)5/h9-13,18,20-21,23H,8,14-17H2,1-7H3/t18-,20+,21?/m0/s1. The molecule has 0 bridgehead atoms. The van der Waals surface area contributed by atoms with Gasteiger partial charge in [0, 0.05) is 6.61 Å². The normalized spacial score (nSPS) is 16.3. The van der Waals surface area contributed by atoms with Gasteiger partial charge >= 0.3 is 0 Å². The van der Waals surface area contributed by atoms with Crippen molar-refractivity contribution in [3.05, 3.63) is 35.9 Å². The molecule has 1 aromatic rings. The van der Waals surface area contributed by atoms with E-state index in [9.17, 15) is 5.11 Å². The Bertz CT molecular complexity index is 496. The van der Waals surface area contributed by atoms with Gasteiger partial charge in [0.25, 0.3) is 0 Å². The third kappa shape index (κ3) is 7.91. The van der Waals surface area contributed by atoms with Crippen molar-refractivity contribution >= 4 is 8.32 Å². The molecule has 1 N–H and O–H groups in total. The lowest BCUT2D eigenvalue weighted by atomic mass is 9.89. The first-order valence-corrected chi connectivity index (χ1v) is 12.9. The summed E-state index contributed by atoms with van der Waals surface area (Å²) in [6.07, 6.45) is 1.29. The molecule has 1 unspecified atom stereocenters. The number of aliphatic hydroxyl groups is 1. The summed E-state index contributed by atoms with van der Waals surface area (Å²) in [5, 5.41) is 10.4. The molecule has 4 heteroatoms. The Kier molecular flexibility index (Phi) is 9.52. The Hall–Kier alpha value is -0.683. The molecule has 0 aromatic heterocycles. The first-order valence-electron chi connectivity index (χ1n) is 10.0. The third-order valence-electron chi connectivity index (χ3n) is 5.81. The highest BCUT2D eigenvalue weighted by Crippen LogP contribution is 2.37. The number of benzene rings is 1. The summed E-state index contributed by atoms with van der Waals surface area (Å²) in [4.78, 5) is 0. The van der Waals surface area contributed by atoms with Gasteiger partial charge in [-0.25, -0.2) is 0 Å². The lowest BCUT2D eigenvalue weighted by molar-refractivity contribution is 0.0273. The van der Waals surface area contributed by atoms with Gasteiger partial charge in [-0.2, -0.15) is 0 Å². The zero-order chi connectivity index (χ0) is 19.8. The van der Waals surface area contributed by atoms with Crippen LogP contribution < -0.4 is 0 Å². The Morgan fingerprint density at radius 3 is 2.23 bits per heavy atom. The van der Waals surface area contributed by atoms with Crippen molar-refractivity contribution < 1.29 is 14.3 Å². The molecule has 0 radical (unpaired) electrons. The van der Waals surface area contributed by atoms with Gasteiger partial charge in [0.2, 0.25) is 0 Å². The molecule has 150 valence electrons. The van der Waals surface area contributed by atoms with Crippen LogP contribution in [0.3, 0.4) is 0 Å². The quantitative estimate of drug-likeness (QED) is 0.505. The molecule has 0 fully saturated rings. The van der Waals surface area contributed by atoms with Crippen molar-refractivity contribution in [2.75, 3.05) is 13.2 Å². The molecule has 0 saturated carbocycles. The second-order valence-corrected chi connectivity index (χ2v) is 13.9. The Morgan fingerprint density at radius 1 is 1.08 bits per heavy atom. The Balaban J connectivity index is 2.60. The van der Waals surface area contributed by atoms with Crippen molar-refractivity contribution in [2.45, 2.75) is 78.3 Å². The summed E-state index contributed by atoms with van der Waals surface area (Å²) in [6.45, 7) is 17.7. The molecule has 0 spiro atoms. The van der Waals surface area contributed by atoms with Gasteiger partial charge in [0.15, 0.2) is 8.32 Å². The van der Waals surface area contributed by atoms with Crippen LogP contribution in [0.2, 0.25) is 18.1 Å². The Labute approximate surface area is 162 Å². The molecule has 0 aliphatic heterocycles. The van der Waals surface area contributed by atoms with Gasteiger partial charge in [-0.05, 0) is 48.4 Å². The predicted molar refractivity (Wildman–Crippen MR) is 113 cm³/mol. The summed E-state index contributed by atoms with van der Waals surface area (Å²) >= 11 is 0. The highest BCUT2D eigenvalue weighted by molar-refractivity contribution is 6.74. The van der Waals surface area contributed by atoms with Crippen LogP contribution in [0.1, 0.15) is 53.0 Å². The topological polar surface area (TPSA) is 38.7 Å². The zero-order valence-corrected chi connectivity index (χ0v) is 18.9. The fourth-order valence-electron chi connectivity index (χ4n) is 2.58. The van der Waals surface area contributed by atoms with Crippen LogP contribution in [0.5, 0.6) is 0 Å². The minimum Gasteiger partial charge on any atom is -0.417 e. The molecule has 1 aromatic carbocycles. The van der Waals surface area contributed by atoms with Gasteiger partial charge in [-0.15, -0.1) is 0 Å². The van der Waals surface area contributed by atoms with Crippen LogP contribution in [0, 0.1) is 11.8 Å². The number of rotatable bonds is 11. The number of aliphatic hydroxyl groups excluding tert-OH is 1. The summed E-state index contributed by atoms with van der Waals surface area (Å²) < 4.78 is 12.4. The molecule has 0 heterocycles. The highest BCUT2D eigenvalue weighted by atomic mass is 28.4. The van der Waals surface area contributed by atoms with E-state index in [4.69, 9.17) is 9.16 Å². The summed E-state index contributed by atoms with van der Waals surface area (Å²) in [7, 11) is -1.75. The maximum absolute atomic E-state index is 10.2. The van der Waals surface area contributed by atoms with Gasteiger partial charge < -0.3 is 14.3 Å². The largest absolute Gasteiger partial charge is 0.417 e. The molecule has 0 saturated heterocycles. The molecule has 0 aliphatic rings. The monoisotopic (exact) mass is 380 g/mol. The van der Waals surface area contributed by atoms with Crippen molar-refractivity contribution in [1.82, 2.24) is 0 Å². The predicted octanol–water partition coefficient (Wildman–Crippen LogP) is 5.64. The van der Waals surface area contributed by atoms with E-state index in [0.29, 0.717) is 25.0 Å². The first kappa shape index (κ1) is 23.4. The maximum Gasteiger partial charge on any atom is 0.191 e. The SMILES string of the molecule is CCC(O)C[C@H](COCc1ccccc1)[C@@H](C)CO[Si](C)(C)C(C)(C)C. The van der Waals surface area contributed by atoms with Crippen LogP contribution in [0.25, 0.3) is 0 Å². The van der Waals surface area contributed by atoms with E-state index in [1.54, 1.807) is 0 Å². The molecule has 3 atom stereocenters. The Morgan fingerprint density at radius 2 is 1.69 bits per heavy atom. The van der Waals surface area contributed by atoms with Crippen molar-refractivity contribution in [3.8, 4) is 0 Å². The maximum atomic E-state index is 10.2. The fourth-order valence-corrected chi connectivity index (χ4v) is 3.69. The lowest BCUT2D eigenvalue weighted by Gasteiger charge is -2.38. The fraction of sp³-hybridized carbons (Fsp3) is 0.727. The van der Waals surface area contributed by atoms with Crippen LogP contribution >= 0.6 is 0 Å². The van der Waals surface area contributed by atoms with Crippen LogP contribution in [0.15, 0.2) is 30.3 Å². The summed E-state index contributed by atoms with van der Waals surface area (Å²) in [6, 6.07) is 10.3. The van der Waals surface area contributed by atoms with E-state index in [1.165, 1.54) is 5.56 Å². The van der Waals surface area contributed by atoms with E-state index in [0.717, 1.165) is 19.4 Å². The van der Waals surface area contributed by atoms with E-state index in [1.807, 2.05) is 25.1 Å². The highest BCUT2D eigenvalue weighted by Gasteiger charge is 2.37. The summed E-state index contributed by atoms with van der Waals surface area (Å²) in [5.74, 6) is 0.666. The number of ether oxygens (including phenoxy) is 1. The van der Waals surface area contributed by atoms with Gasteiger partial charge in [-0.1, -0.05) is 65.0 Å². The van der Waals surface area contributed by atoms with E-state index < -0.39 is 8.32 Å². The minimum absolute atomic E-state index is 0.217. The van der Waals surface area contributed by atoms with E-state index >= 15 is 0 Å². The second-order valence-electron chi connectivity index (χ2n) is 9.11. The minimum atomic E-state index is -1.75. The zero-order valence-electron chi connectivity index (χ0n) is 17.9. The van der Waals surface area contributed by atoms with Crippen molar-refractivity contribution in [2.24, 2.45) is 11.8 Å². The number of hydrogen-bond acceptors (Lipinski definition) is 3. The average Bonchev–Trinajstić information content (AvgIpc) is 2.58. The van der Waals surface area contributed by atoms with Gasteiger partial charge in [0.1, 0.15) is 0 Å².